The van der Waals surface area contributed by atoms with Crippen molar-refractivity contribution in [1.82, 2.24) is 4.90 Å². The van der Waals surface area contributed by atoms with E-state index >= 15 is 0 Å². The number of rotatable bonds is 2. The molecule has 0 unspecified atom stereocenters. The molecule has 33 heavy (non-hydrogen) atoms. The Balaban J connectivity index is 1.50. The first-order valence-electron chi connectivity index (χ1n) is 11.4. The predicted molar refractivity (Wildman–Crippen MR) is 119 cm³/mol. The second-order valence-electron chi connectivity index (χ2n) is 9.37. The van der Waals surface area contributed by atoms with Gasteiger partial charge in [-0.3, -0.25) is 24.1 Å². The van der Waals surface area contributed by atoms with Gasteiger partial charge in [0.1, 0.15) is 0 Å². The highest BCUT2D eigenvalue weighted by Gasteiger charge is 2.75. The van der Waals surface area contributed by atoms with Crippen LogP contribution >= 0.6 is 11.6 Å². The molecule has 2 heterocycles. The Hall–Kier alpha value is -2.83. The van der Waals surface area contributed by atoms with Crippen molar-refractivity contribution in [2.45, 2.75) is 49.9 Å². The molecule has 2 aliphatic carbocycles. The van der Waals surface area contributed by atoms with Gasteiger partial charge in [-0.25, -0.2) is 0 Å². The molecule has 0 aromatic heterocycles. The molecule has 6 rings (SSSR count). The predicted octanol–water partition coefficient (Wildman–Crippen LogP) is 4.16. The molecule has 3 fully saturated rings. The molecular formula is C26H22ClNO5. The highest BCUT2D eigenvalue weighted by Crippen LogP contribution is 2.57. The van der Waals surface area contributed by atoms with Crippen LogP contribution in [0, 0.1) is 11.8 Å². The van der Waals surface area contributed by atoms with E-state index in [-0.39, 0.29) is 23.1 Å². The average molecular weight is 464 g/mol. The number of benzene rings is 2. The lowest BCUT2D eigenvalue weighted by Crippen LogP contribution is -2.52. The second kappa shape index (κ2) is 7.34. The zero-order valence-corrected chi connectivity index (χ0v) is 18.6. The highest BCUT2D eigenvalue weighted by atomic mass is 35.5. The van der Waals surface area contributed by atoms with Crippen LogP contribution in [-0.4, -0.2) is 39.9 Å². The van der Waals surface area contributed by atoms with E-state index in [0.29, 0.717) is 10.6 Å². The standard InChI is InChI=1S/C26H22ClNO5/c27-15-12-10-14(11-13-15)21-19-20(25(32)28(24(19)31)16-6-2-1-3-7-16)26(33-21)22(29)17-8-4-5-9-18(17)23(26)30/h4-5,8-13,16,19-21H,1-3,6-7H2/t19-,20+,21+/m0/s1. The van der Waals surface area contributed by atoms with Crippen molar-refractivity contribution in [3.8, 4) is 0 Å². The molecule has 6 nitrogen and oxygen atoms in total. The lowest BCUT2D eigenvalue weighted by Gasteiger charge is -2.33. The molecule has 1 saturated carbocycles. The van der Waals surface area contributed by atoms with Crippen LogP contribution < -0.4 is 0 Å². The second-order valence-corrected chi connectivity index (χ2v) is 9.81. The molecule has 2 amide bonds. The topological polar surface area (TPSA) is 80.8 Å². The third kappa shape index (κ3) is 2.71. The van der Waals surface area contributed by atoms with E-state index < -0.39 is 41.0 Å². The molecule has 2 aliphatic heterocycles. The van der Waals surface area contributed by atoms with E-state index in [1.165, 1.54) is 4.90 Å². The Morgan fingerprint density at radius 1 is 0.818 bits per heavy atom. The Morgan fingerprint density at radius 3 is 2.03 bits per heavy atom. The number of Topliss-reactive ketones (excluding diaryl/α,β-unsaturated/α-hetero) is 2. The molecule has 0 bridgehead atoms. The summed E-state index contributed by atoms with van der Waals surface area (Å²) in [6.07, 6.45) is 3.58. The molecule has 7 heteroatoms. The quantitative estimate of drug-likeness (QED) is 0.493. The molecule has 0 N–H and O–H groups in total. The normalized spacial score (nSPS) is 28.6. The largest absolute Gasteiger partial charge is 0.349 e. The van der Waals surface area contributed by atoms with Gasteiger partial charge in [0.2, 0.25) is 29.0 Å². The van der Waals surface area contributed by atoms with Gasteiger partial charge in [-0.1, -0.05) is 67.3 Å². The maximum Gasteiger partial charge on any atom is 0.237 e. The van der Waals surface area contributed by atoms with Gasteiger partial charge in [0.05, 0.1) is 17.9 Å². The number of amides is 2. The van der Waals surface area contributed by atoms with Crippen molar-refractivity contribution in [2.75, 3.05) is 0 Å². The minimum Gasteiger partial charge on any atom is -0.349 e. The number of hydrogen-bond donors (Lipinski definition) is 0. The van der Waals surface area contributed by atoms with E-state index in [1.807, 2.05) is 0 Å². The molecule has 1 spiro atoms. The summed E-state index contributed by atoms with van der Waals surface area (Å²) in [6, 6.07) is 13.1. The summed E-state index contributed by atoms with van der Waals surface area (Å²) in [5, 5.41) is 0.515. The third-order valence-corrected chi connectivity index (χ3v) is 7.94. The Kier molecular flexibility index (Phi) is 4.61. The van der Waals surface area contributed by atoms with Crippen molar-refractivity contribution < 1.29 is 23.9 Å². The zero-order valence-electron chi connectivity index (χ0n) is 17.8. The van der Waals surface area contributed by atoms with Gasteiger partial charge in [-0.15, -0.1) is 0 Å². The van der Waals surface area contributed by atoms with Gasteiger partial charge in [0.15, 0.2) is 0 Å². The Morgan fingerprint density at radius 2 is 1.42 bits per heavy atom. The number of fused-ring (bicyclic) bond motifs is 3. The number of carbonyl (C=O) groups is 4. The number of ketones is 2. The lowest BCUT2D eigenvalue weighted by molar-refractivity contribution is -0.148. The van der Waals surface area contributed by atoms with Crippen molar-refractivity contribution in [1.29, 1.82) is 0 Å². The maximum absolute atomic E-state index is 13.8. The van der Waals surface area contributed by atoms with Crippen molar-refractivity contribution >= 4 is 35.0 Å². The molecule has 2 aromatic carbocycles. The average Bonchev–Trinajstić information content (AvgIpc) is 3.40. The third-order valence-electron chi connectivity index (χ3n) is 7.69. The maximum atomic E-state index is 13.8. The van der Waals surface area contributed by atoms with Gasteiger partial charge in [0.25, 0.3) is 0 Å². The number of imide groups is 1. The van der Waals surface area contributed by atoms with Gasteiger partial charge < -0.3 is 4.74 Å². The Labute approximate surface area is 195 Å². The number of likely N-dealkylation sites (tertiary alicyclic amines) is 1. The van der Waals surface area contributed by atoms with Crippen LogP contribution in [-0.2, 0) is 14.3 Å². The first-order chi connectivity index (χ1) is 15.9. The summed E-state index contributed by atoms with van der Waals surface area (Å²) in [4.78, 5) is 56.3. The number of halogens is 1. The van der Waals surface area contributed by atoms with Crippen LogP contribution in [0.15, 0.2) is 48.5 Å². The highest BCUT2D eigenvalue weighted by molar-refractivity contribution is 6.35. The van der Waals surface area contributed by atoms with Crippen LogP contribution in [0.25, 0.3) is 0 Å². The molecule has 0 radical (unpaired) electrons. The summed E-state index contributed by atoms with van der Waals surface area (Å²) in [6.45, 7) is 0. The fourth-order valence-electron chi connectivity index (χ4n) is 6.19. The fourth-order valence-corrected chi connectivity index (χ4v) is 6.32. The van der Waals surface area contributed by atoms with E-state index in [9.17, 15) is 19.2 Å². The summed E-state index contributed by atoms with van der Waals surface area (Å²) in [5.74, 6) is -3.95. The van der Waals surface area contributed by atoms with Gasteiger partial charge >= 0.3 is 0 Å². The first-order valence-corrected chi connectivity index (χ1v) is 11.8. The zero-order chi connectivity index (χ0) is 22.9. The summed E-state index contributed by atoms with van der Waals surface area (Å²) >= 11 is 6.06. The lowest BCUT2D eigenvalue weighted by atomic mass is 9.77. The fraction of sp³-hybridized carbons (Fsp3) is 0.385. The number of ether oxygens (including phenoxy) is 1. The van der Waals surface area contributed by atoms with Gasteiger partial charge in [-0.2, -0.15) is 0 Å². The number of nitrogens with zero attached hydrogens (tertiary/aromatic N) is 1. The minimum atomic E-state index is -2.01. The molecule has 168 valence electrons. The van der Waals surface area contributed by atoms with Crippen LogP contribution in [0.1, 0.15) is 64.5 Å². The number of hydrogen-bond acceptors (Lipinski definition) is 5. The minimum absolute atomic E-state index is 0.193. The molecule has 4 aliphatic rings. The van der Waals surface area contributed by atoms with Crippen LogP contribution in [0.2, 0.25) is 5.02 Å². The SMILES string of the molecule is O=C1[C@@H]2[C@@H](c3ccc(Cl)cc3)OC3(C(=O)c4ccccc4C3=O)[C@H]2C(=O)N1C1CCCCC1. The molecule has 2 aromatic rings. The molecular weight excluding hydrogens is 442 g/mol. The number of carbonyl (C=O) groups excluding carboxylic acids is 4. The van der Waals surface area contributed by atoms with Crippen molar-refractivity contribution in [3.63, 3.8) is 0 Å². The summed E-state index contributed by atoms with van der Waals surface area (Å²) in [7, 11) is 0. The van der Waals surface area contributed by atoms with E-state index in [0.717, 1.165) is 32.1 Å². The van der Waals surface area contributed by atoms with E-state index in [1.54, 1.807) is 48.5 Å². The van der Waals surface area contributed by atoms with Gasteiger partial charge in [0, 0.05) is 22.2 Å². The van der Waals surface area contributed by atoms with Crippen molar-refractivity contribution in [2.24, 2.45) is 11.8 Å². The van der Waals surface area contributed by atoms with Gasteiger partial charge in [-0.05, 0) is 30.5 Å². The van der Waals surface area contributed by atoms with Crippen molar-refractivity contribution in [3.05, 3.63) is 70.2 Å². The monoisotopic (exact) mass is 463 g/mol. The molecule has 2 saturated heterocycles. The van der Waals surface area contributed by atoms with E-state index in [4.69, 9.17) is 16.3 Å². The van der Waals surface area contributed by atoms with E-state index in [2.05, 4.69) is 0 Å². The van der Waals surface area contributed by atoms with Crippen LogP contribution in [0.4, 0.5) is 0 Å². The summed E-state index contributed by atoms with van der Waals surface area (Å²) < 4.78 is 6.28. The smallest absolute Gasteiger partial charge is 0.237 e. The molecule has 3 atom stereocenters. The first kappa shape index (κ1) is 20.8. The van der Waals surface area contributed by atoms with Crippen LogP contribution in [0.5, 0.6) is 0 Å². The summed E-state index contributed by atoms with van der Waals surface area (Å²) in [5.41, 5.74) is -0.896. The van der Waals surface area contributed by atoms with Crippen LogP contribution in [0.3, 0.4) is 0 Å². The Bertz CT molecular complexity index is 1160.